The maximum absolute atomic E-state index is 11.2. The summed E-state index contributed by atoms with van der Waals surface area (Å²) in [4.78, 5) is 11.2. The van der Waals surface area contributed by atoms with Crippen molar-refractivity contribution in [2.45, 2.75) is 103 Å². The molecule has 0 amide bonds. The molecule has 0 unspecified atom stereocenters. The first kappa shape index (κ1) is 18.4. The van der Waals surface area contributed by atoms with Crippen LogP contribution in [-0.4, -0.2) is 35.5 Å². The molecule has 0 aliphatic carbocycles. The van der Waals surface area contributed by atoms with Crippen molar-refractivity contribution in [1.29, 1.82) is 0 Å². The number of hydrogen-bond acceptors (Lipinski definition) is 4. The predicted octanol–water partition coefficient (Wildman–Crippen LogP) is 3.60. The number of aliphatic hydroxyl groups excluding tert-OH is 1. The smallest absolute Gasteiger partial charge is 0.302 e. The van der Waals surface area contributed by atoms with Gasteiger partial charge in [0.05, 0.1) is 18.3 Å². The Morgan fingerprint density at radius 2 is 1.90 bits per heavy atom. The summed E-state index contributed by atoms with van der Waals surface area (Å²) in [6, 6.07) is 0. The third-order valence-electron chi connectivity index (χ3n) is 4.17. The summed E-state index contributed by atoms with van der Waals surface area (Å²) >= 11 is 0. The van der Waals surface area contributed by atoms with Gasteiger partial charge in [-0.05, 0) is 12.8 Å². The van der Waals surface area contributed by atoms with E-state index in [4.69, 9.17) is 9.47 Å². The van der Waals surface area contributed by atoms with E-state index in [9.17, 15) is 9.90 Å². The number of hydrogen-bond donors (Lipinski definition) is 1. The van der Waals surface area contributed by atoms with E-state index in [1.54, 1.807) is 0 Å². The first-order chi connectivity index (χ1) is 10.1. The summed E-state index contributed by atoms with van der Waals surface area (Å²) in [5.41, 5.74) is 0. The molecule has 1 rings (SSSR count). The number of aliphatic hydroxyl groups is 1. The highest BCUT2D eigenvalue weighted by molar-refractivity contribution is 5.66. The largest absolute Gasteiger partial charge is 0.460 e. The van der Waals surface area contributed by atoms with Gasteiger partial charge in [-0.25, -0.2) is 0 Å². The van der Waals surface area contributed by atoms with Crippen LogP contribution in [-0.2, 0) is 14.3 Å². The molecule has 0 bridgehead atoms. The Balaban J connectivity index is 2.46. The molecule has 0 aromatic rings. The van der Waals surface area contributed by atoms with E-state index in [2.05, 4.69) is 13.8 Å². The van der Waals surface area contributed by atoms with Crippen molar-refractivity contribution in [3.05, 3.63) is 0 Å². The quantitative estimate of drug-likeness (QED) is 0.495. The maximum atomic E-state index is 11.2. The van der Waals surface area contributed by atoms with Gasteiger partial charge in [0.15, 0.2) is 0 Å². The van der Waals surface area contributed by atoms with E-state index < -0.39 is 6.10 Å². The molecule has 1 saturated heterocycles. The zero-order valence-electron chi connectivity index (χ0n) is 13.8. The molecular weight excluding hydrogens is 268 g/mol. The van der Waals surface area contributed by atoms with Gasteiger partial charge in [-0.15, -0.1) is 0 Å². The average molecular weight is 300 g/mol. The third kappa shape index (κ3) is 6.79. The number of rotatable bonds is 10. The van der Waals surface area contributed by atoms with Gasteiger partial charge in [-0.3, -0.25) is 4.79 Å². The zero-order chi connectivity index (χ0) is 15.7. The van der Waals surface area contributed by atoms with E-state index >= 15 is 0 Å². The second-order valence-corrected chi connectivity index (χ2v) is 6.16. The van der Waals surface area contributed by atoms with Crippen molar-refractivity contribution in [3.63, 3.8) is 0 Å². The van der Waals surface area contributed by atoms with Gasteiger partial charge in [0, 0.05) is 13.3 Å². The predicted molar refractivity (Wildman–Crippen MR) is 83.1 cm³/mol. The van der Waals surface area contributed by atoms with Gasteiger partial charge in [-0.2, -0.15) is 0 Å². The van der Waals surface area contributed by atoms with Crippen molar-refractivity contribution in [3.8, 4) is 0 Å². The first-order valence-electron chi connectivity index (χ1n) is 8.59. The highest BCUT2D eigenvalue weighted by Crippen LogP contribution is 2.30. The van der Waals surface area contributed by atoms with Gasteiger partial charge in [0.2, 0.25) is 0 Å². The van der Waals surface area contributed by atoms with Gasteiger partial charge >= 0.3 is 5.97 Å². The average Bonchev–Trinajstić information content (AvgIpc) is 2.82. The summed E-state index contributed by atoms with van der Waals surface area (Å²) < 4.78 is 11.4. The fraction of sp³-hybridized carbons (Fsp3) is 0.941. The minimum atomic E-state index is -0.439. The van der Waals surface area contributed by atoms with E-state index in [1.807, 2.05) is 0 Å². The molecule has 0 aromatic heterocycles. The normalized spacial score (nSPS) is 26.8. The summed E-state index contributed by atoms with van der Waals surface area (Å²) in [5, 5.41) is 10.3. The van der Waals surface area contributed by atoms with Crippen LogP contribution in [0.25, 0.3) is 0 Å². The van der Waals surface area contributed by atoms with Crippen LogP contribution in [0.15, 0.2) is 0 Å². The molecular formula is C17H32O4. The van der Waals surface area contributed by atoms with Crippen molar-refractivity contribution in [1.82, 2.24) is 0 Å². The zero-order valence-corrected chi connectivity index (χ0v) is 13.8. The fourth-order valence-corrected chi connectivity index (χ4v) is 2.97. The molecule has 1 N–H and O–H groups in total. The highest BCUT2D eigenvalue weighted by Gasteiger charge is 2.39. The Bertz CT molecular complexity index is 293. The lowest BCUT2D eigenvalue weighted by atomic mass is 10.0. The Morgan fingerprint density at radius 1 is 1.24 bits per heavy atom. The fourth-order valence-electron chi connectivity index (χ4n) is 2.97. The molecule has 4 atom stereocenters. The monoisotopic (exact) mass is 300 g/mol. The Kier molecular flexibility index (Phi) is 8.93. The van der Waals surface area contributed by atoms with Crippen LogP contribution in [0.5, 0.6) is 0 Å². The van der Waals surface area contributed by atoms with Crippen molar-refractivity contribution >= 4 is 5.97 Å². The topological polar surface area (TPSA) is 55.8 Å². The Hall–Kier alpha value is -0.610. The molecule has 4 nitrogen and oxygen atoms in total. The molecule has 1 aliphatic heterocycles. The number of unbranched alkanes of at least 4 members (excludes halogenated alkanes) is 4. The number of carbonyl (C=O) groups is 1. The Labute approximate surface area is 129 Å². The van der Waals surface area contributed by atoms with E-state index in [0.29, 0.717) is 6.42 Å². The molecule has 21 heavy (non-hydrogen) atoms. The van der Waals surface area contributed by atoms with Gasteiger partial charge < -0.3 is 14.6 Å². The lowest BCUT2D eigenvalue weighted by Crippen LogP contribution is -2.26. The lowest BCUT2D eigenvalue weighted by molar-refractivity contribution is -0.149. The van der Waals surface area contributed by atoms with Crippen molar-refractivity contribution in [2.75, 3.05) is 0 Å². The number of ether oxygens (including phenoxy) is 2. The summed E-state index contributed by atoms with van der Waals surface area (Å²) in [6.07, 6.45) is 8.16. The van der Waals surface area contributed by atoms with Crippen LogP contribution in [0.1, 0.15) is 78.6 Å². The summed E-state index contributed by atoms with van der Waals surface area (Å²) in [7, 11) is 0. The minimum absolute atomic E-state index is 0.0497. The van der Waals surface area contributed by atoms with E-state index in [0.717, 1.165) is 51.4 Å². The van der Waals surface area contributed by atoms with E-state index in [1.165, 1.54) is 6.92 Å². The molecule has 0 spiro atoms. The van der Waals surface area contributed by atoms with Crippen LogP contribution < -0.4 is 0 Å². The lowest BCUT2D eigenvalue weighted by Gasteiger charge is -2.19. The highest BCUT2D eigenvalue weighted by atomic mass is 16.6. The third-order valence-corrected chi connectivity index (χ3v) is 4.17. The SMILES string of the molecule is CCCCC[C@@H](O)[C@H]1C[C@H](OC(C)=O)[C@H](CCCCC)O1. The summed E-state index contributed by atoms with van der Waals surface area (Å²) in [5.74, 6) is -0.259. The van der Waals surface area contributed by atoms with Gasteiger partial charge in [-0.1, -0.05) is 52.4 Å². The van der Waals surface area contributed by atoms with Gasteiger partial charge in [0.1, 0.15) is 6.10 Å². The number of carbonyl (C=O) groups excluding carboxylic acids is 1. The molecule has 124 valence electrons. The number of esters is 1. The molecule has 1 aliphatic rings. The van der Waals surface area contributed by atoms with Crippen LogP contribution in [0, 0.1) is 0 Å². The molecule has 0 aromatic carbocycles. The van der Waals surface area contributed by atoms with Crippen LogP contribution in [0.3, 0.4) is 0 Å². The molecule has 0 saturated carbocycles. The second-order valence-electron chi connectivity index (χ2n) is 6.16. The Morgan fingerprint density at radius 3 is 2.52 bits per heavy atom. The first-order valence-corrected chi connectivity index (χ1v) is 8.59. The maximum Gasteiger partial charge on any atom is 0.302 e. The van der Waals surface area contributed by atoms with Gasteiger partial charge in [0.25, 0.3) is 0 Å². The summed E-state index contributed by atoms with van der Waals surface area (Å²) in [6.45, 7) is 5.76. The molecule has 1 heterocycles. The van der Waals surface area contributed by atoms with Crippen molar-refractivity contribution < 1.29 is 19.4 Å². The van der Waals surface area contributed by atoms with E-state index in [-0.39, 0.29) is 24.3 Å². The molecule has 0 radical (unpaired) electrons. The van der Waals surface area contributed by atoms with Crippen LogP contribution >= 0.6 is 0 Å². The molecule has 1 fully saturated rings. The minimum Gasteiger partial charge on any atom is -0.460 e. The van der Waals surface area contributed by atoms with Crippen LogP contribution in [0.2, 0.25) is 0 Å². The van der Waals surface area contributed by atoms with Crippen molar-refractivity contribution in [2.24, 2.45) is 0 Å². The van der Waals surface area contributed by atoms with Crippen LogP contribution in [0.4, 0.5) is 0 Å². The standard InChI is InChI=1S/C17H32O4/c1-4-6-8-10-14(19)16-12-17(20-13(3)18)15(21-16)11-9-7-5-2/h14-17,19H,4-12H2,1-3H3/t14-,15+,16-,17+/m1/s1. The second kappa shape index (κ2) is 10.2. The molecule has 4 heteroatoms.